The Hall–Kier alpha value is -1.54. The summed E-state index contributed by atoms with van der Waals surface area (Å²) in [6.45, 7) is 10.4. The van der Waals surface area contributed by atoms with Crippen LogP contribution in [0.2, 0.25) is 0 Å². The highest BCUT2D eigenvalue weighted by Gasteiger charge is 2.00. The lowest BCUT2D eigenvalue weighted by Gasteiger charge is -2.18. The molecule has 2 heteroatoms. The summed E-state index contributed by atoms with van der Waals surface area (Å²) in [5.74, 6) is 0. The van der Waals surface area contributed by atoms with Gasteiger partial charge in [0.15, 0.2) is 0 Å². The minimum atomic E-state index is 0.844. The van der Waals surface area contributed by atoms with Crippen molar-refractivity contribution >= 4 is 5.69 Å². The number of benzene rings is 1. The number of hydrogen-bond donors (Lipinski definition) is 1. The average Bonchev–Trinajstić information content (AvgIpc) is 2.30. The Kier molecular flexibility index (Phi) is 6.12. The minimum absolute atomic E-state index is 0.844. The molecule has 0 spiro atoms. The van der Waals surface area contributed by atoms with Gasteiger partial charge in [-0.25, -0.2) is 0 Å². The second-order valence-corrected chi connectivity index (χ2v) is 4.19. The molecular weight excluding hydrogens is 208 g/mol. The maximum atomic E-state index is 5.75. The summed E-state index contributed by atoms with van der Waals surface area (Å²) in [7, 11) is 0. The molecule has 0 amide bonds. The Bertz CT molecular complexity index is 348. The van der Waals surface area contributed by atoms with Crippen LogP contribution < -0.4 is 5.73 Å². The molecule has 0 aliphatic heterocycles. The van der Waals surface area contributed by atoms with Gasteiger partial charge in [0.25, 0.3) is 0 Å². The van der Waals surface area contributed by atoms with E-state index in [-0.39, 0.29) is 0 Å². The van der Waals surface area contributed by atoms with Crippen molar-refractivity contribution in [2.75, 3.05) is 25.4 Å². The summed E-state index contributed by atoms with van der Waals surface area (Å²) in [6, 6.07) is 8.11. The molecule has 0 unspecified atom stereocenters. The summed E-state index contributed by atoms with van der Waals surface area (Å²) < 4.78 is 0. The van der Waals surface area contributed by atoms with E-state index in [1.54, 1.807) is 0 Å². The second-order valence-electron chi connectivity index (χ2n) is 4.19. The molecule has 0 aromatic heterocycles. The van der Waals surface area contributed by atoms with E-state index in [0.29, 0.717) is 0 Å². The Morgan fingerprint density at radius 2 is 1.88 bits per heavy atom. The summed E-state index contributed by atoms with van der Waals surface area (Å²) in [5, 5.41) is 0. The van der Waals surface area contributed by atoms with Gasteiger partial charge in [0.05, 0.1) is 0 Å². The van der Waals surface area contributed by atoms with E-state index in [0.717, 1.165) is 38.2 Å². The van der Waals surface area contributed by atoms with Crippen molar-refractivity contribution in [1.29, 1.82) is 0 Å². The van der Waals surface area contributed by atoms with Gasteiger partial charge in [0.2, 0.25) is 0 Å². The van der Waals surface area contributed by atoms with Gasteiger partial charge in [-0.05, 0) is 37.1 Å². The van der Waals surface area contributed by atoms with Gasteiger partial charge in [0, 0.05) is 18.8 Å². The van der Waals surface area contributed by atoms with Crippen LogP contribution in [0, 0.1) is 0 Å². The third-order valence-electron chi connectivity index (χ3n) is 2.67. The van der Waals surface area contributed by atoms with Gasteiger partial charge in [-0.3, -0.25) is 4.90 Å². The molecule has 1 aromatic rings. The van der Waals surface area contributed by atoms with Crippen LogP contribution >= 0.6 is 0 Å². The van der Waals surface area contributed by atoms with Crippen LogP contribution in [0.15, 0.2) is 49.6 Å². The van der Waals surface area contributed by atoms with Gasteiger partial charge in [0.1, 0.15) is 0 Å². The zero-order valence-electron chi connectivity index (χ0n) is 10.4. The fourth-order valence-corrected chi connectivity index (χ4v) is 1.88. The molecule has 0 atom stereocenters. The van der Waals surface area contributed by atoms with Crippen molar-refractivity contribution in [3.05, 3.63) is 55.1 Å². The molecule has 2 nitrogen and oxygen atoms in total. The maximum Gasteiger partial charge on any atom is 0.0316 e. The van der Waals surface area contributed by atoms with Gasteiger partial charge in [-0.15, -0.1) is 13.2 Å². The third-order valence-corrected chi connectivity index (χ3v) is 2.67. The van der Waals surface area contributed by atoms with E-state index in [2.05, 4.69) is 24.1 Å². The fourth-order valence-electron chi connectivity index (χ4n) is 1.88. The number of hydrogen-bond acceptors (Lipinski definition) is 2. The second kappa shape index (κ2) is 7.69. The molecule has 0 saturated carbocycles. The van der Waals surface area contributed by atoms with E-state index >= 15 is 0 Å². The largest absolute Gasteiger partial charge is 0.399 e. The summed E-state index contributed by atoms with van der Waals surface area (Å²) in [5.41, 5.74) is 7.90. The molecule has 1 rings (SSSR count). The lowest BCUT2D eigenvalue weighted by atomic mass is 10.1. The Labute approximate surface area is 104 Å². The lowest BCUT2D eigenvalue weighted by Crippen LogP contribution is -2.25. The van der Waals surface area contributed by atoms with Crippen molar-refractivity contribution in [1.82, 2.24) is 4.90 Å². The van der Waals surface area contributed by atoms with Crippen molar-refractivity contribution in [2.24, 2.45) is 0 Å². The normalized spacial score (nSPS) is 10.4. The highest BCUT2D eigenvalue weighted by Crippen LogP contribution is 2.09. The highest BCUT2D eigenvalue weighted by molar-refractivity contribution is 5.40. The number of aryl methyl sites for hydroxylation is 1. The van der Waals surface area contributed by atoms with E-state index < -0.39 is 0 Å². The van der Waals surface area contributed by atoms with Gasteiger partial charge in [-0.2, -0.15) is 0 Å². The quantitative estimate of drug-likeness (QED) is 0.549. The molecule has 0 aliphatic rings. The monoisotopic (exact) mass is 230 g/mol. The molecule has 0 radical (unpaired) electrons. The zero-order valence-corrected chi connectivity index (χ0v) is 10.4. The zero-order chi connectivity index (χ0) is 12.5. The topological polar surface area (TPSA) is 29.3 Å². The van der Waals surface area contributed by atoms with Crippen LogP contribution in [0.1, 0.15) is 12.0 Å². The molecule has 17 heavy (non-hydrogen) atoms. The van der Waals surface area contributed by atoms with E-state index in [1.165, 1.54) is 5.56 Å². The Balaban J connectivity index is 2.34. The molecule has 0 bridgehead atoms. The van der Waals surface area contributed by atoms with Crippen LogP contribution in [0.5, 0.6) is 0 Å². The third kappa shape index (κ3) is 5.36. The average molecular weight is 230 g/mol. The molecule has 0 aliphatic carbocycles. The number of anilines is 1. The first-order valence-corrected chi connectivity index (χ1v) is 6.05. The summed E-state index contributed by atoms with van der Waals surface area (Å²) in [4.78, 5) is 2.33. The van der Waals surface area contributed by atoms with Crippen LogP contribution in [0.4, 0.5) is 5.69 Å². The van der Waals surface area contributed by atoms with Gasteiger partial charge in [-0.1, -0.05) is 24.3 Å². The smallest absolute Gasteiger partial charge is 0.0316 e. The van der Waals surface area contributed by atoms with Crippen LogP contribution in [-0.4, -0.2) is 24.5 Å². The van der Waals surface area contributed by atoms with Crippen LogP contribution in [0.25, 0.3) is 0 Å². The predicted molar refractivity (Wildman–Crippen MR) is 76.0 cm³/mol. The summed E-state index contributed by atoms with van der Waals surface area (Å²) in [6.07, 6.45) is 6.06. The van der Waals surface area contributed by atoms with E-state index in [9.17, 15) is 0 Å². The predicted octanol–water partition coefficient (Wildman–Crippen LogP) is 2.88. The number of nitrogens with zero attached hydrogens (tertiary/aromatic N) is 1. The molecule has 92 valence electrons. The van der Waals surface area contributed by atoms with Crippen LogP contribution in [0.3, 0.4) is 0 Å². The Morgan fingerprint density at radius 1 is 1.18 bits per heavy atom. The van der Waals surface area contributed by atoms with E-state index in [4.69, 9.17) is 5.73 Å². The molecular formula is C15H22N2. The summed E-state index contributed by atoms with van der Waals surface area (Å²) >= 11 is 0. The van der Waals surface area contributed by atoms with Crippen molar-refractivity contribution < 1.29 is 0 Å². The van der Waals surface area contributed by atoms with Crippen LogP contribution in [-0.2, 0) is 6.42 Å². The van der Waals surface area contributed by atoms with E-state index in [1.807, 2.05) is 30.4 Å². The lowest BCUT2D eigenvalue weighted by molar-refractivity contribution is 0.330. The van der Waals surface area contributed by atoms with Crippen molar-refractivity contribution in [2.45, 2.75) is 12.8 Å². The van der Waals surface area contributed by atoms with Gasteiger partial charge < -0.3 is 5.73 Å². The first-order chi connectivity index (χ1) is 8.26. The fraction of sp³-hybridized carbons (Fsp3) is 0.333. The van der Waals surface area contributed by atoms with Crippen molar-refractivity contribution in [3.8, 4) is 0 Å². The standard InChI is InChI=1S/C15H22N2/c1-3-10-17(11-4-2)12-6-8-14-7-5-9-15(16)13-14/h3-5,7,9,13H,1-2,6,8,10-12,16H2. The first-order valence-electron chi connectivity index (χ1n) is 6.05. The SMILES string of the molecule is C=CCN(CC=C)CCCc1cccc(N)c1. The van der Waals surface area contributed by atoms with Crippen molar-refractivity contribution in [3.63, 3.8) is 0 Å². The molecule has 1 aromatic carbocycles. The molecule has 2 N–H and O–H groups in total. The Morgan fingerprint density at radius 3 is 2.47 bits per heavy atom. The number of rotatable bonds is 8. The molecule has 0 heterocycles. The highest BCUT2D eigenvalue weighted by atomic mass is 15.1. The molecule has 0 saturated heterocycles. The minimum Gasteiger partial charge on any atom is -0.399 e. The number of nitrogens with two attached hydrogens (primary N) is 1. The first kappa shape index (κ1) is 13.5. The van der Waals surface area contributed by atoms with Gasteiger partial charge >= 0.3 is 0 Å². The number of nitrogen functional groups attached to an aromatic ring is 1. The maximum absolute atomic E-state index is 5.75. The molecule has 0 fully saturated rings.